The van der Waals surface area contributed by atoms with Crippen molar-refractivity contribution in [2.45, 2.75) is 11.8 Å². The van der Waals surface area contributed by atoms with Crippen LogP contribution < -0.4 is 0 Å². The highest BCUT2D eigenvalue weighted by Crippen LogP contribution is 2.63. The van der Waals surface area contributed by atoms with Crippen molar-refractivity contribution in [2.75, 3.05) is 13.7 Å². The Balaban J connectivity index is 1.70. The second-order valence-electron chi connectivity index (χ2n) is 9.13. The lowest BCUT2D eigenvalue weighted by Crippen LogP contribution is -2.26. The van der Waals surface area contributed by atoms with Gasteiger partial charge in [-0.15, -0.1) is 0 Å². The van der Waals surface area contributed by atoms with E-state index in [1.807, 2.05) is 0 Å². The van der Waals surface area contributed by atoms with Gasteiger partial charge < -0.3 is 4.74 Å². The summed E-state index contributed by atoms with van der Waals surface area (Å²) >= 11 is 0. The van der Waals surface area contributed by atoms with E-state index in [2.05, 4.69) is 103 Å². The van der Waals surface area contributed by atoms with Crippen LogP contribution in [0.3, 0.4) is 0 Å². The molecule has 0 fully saturated rings. The summed E-state index contributed by atoms with van der Waals surface area (Å²) in [5, 5.41) is 2.67. The molecule has 0 unspecified atom stereocenters. The fourth-order valence-electron chi connectivity index (χ4n) is 6.44. The summed E-state index contributed by atoms with van der Waals surface area (Å²) in [6.07, 6.45) is 0.903. The normalized spacial score (nSPS) is 14.2. The Bertz CT molecular complexity index is 1510. The molecule has 0 N–H and O–H groups in total. The highest BCUT2D eigenvalue weighted by atomic mass is 16.5. The van der Waals surface area contributed by atoms with Crippen LogP contribution in [0.4, 0.5) is 0 Å². The Hall–Kier alpha value is -3.68. The highest BCUT2D eigenvalue weighted by Gasteiger charge is 2.51. The standard InChI is InChI=1S/C32H24O/c1-33-19-18-21-20-30-31(25-13-3-2-10-22(21)25)26-14-6-9-17-29(26)32(30)27-15-7-4-11-23(27)24-12-5-8-16-28(24)32/h2-17,20H,18-19H2,1H3. The second kappa shape index (κ2) is 6.91. The van der Waals surface area contributed by atoms with Crippen LogP contribution in [0.15, 0.2) is 103 Å². The van der Waals surface area contributed by atoms with Crippen molar-refractivity contribution in [2.24, 2.45) is 0 Å². The predicted molar refractivity (Wildman–Crippen MR) is 136 cm³/mol. The Kier molecular flexibility index (Phi) is 3.95. The molecule has 5 aromatic rings. The van der Waals surface area contributed by atoms with Gasteiger partial charge in [0.2, 0.25) is 0 Å². The number of benzene rings is 5. The van der Waals surface area contributed by atoms with E-state index >= 15 is 0 Å². The van der Waals surface area contributed by atoms with Gasteiger partial charge in [-0.3, -0.25) is 0 Å². The van der Waals surface area contributed by atoms with E-state index in [9.17, 15) is 0 Å². The number of fused-ring (bicyclic) bond motifs is 12. The third kappa shape index (κ3) is 2.30. The number of ether oxygens (including phenoxy) is 1. The first kappa shape index (κ1) is 18.8. The SMILES string of the molecule is COCCc1cc2c(c3ccccc13)-c1ccccc1C21c2ccccc2-c2ccccc21. The lowest BCUT2D eigenvalue weighted by molar-refractivity contribution is 0.202. The van der Waals surface area contributed by atoms with Crippen LogP contribution in [-0.2, 0) is 16.6 Å². The second-order valence-corrected chi connectivity index (χ2v) is 9.13. The molecule has 1 nitrogen and oxygen atoms in total. The Labute approximate surface area is 194 Å². The number of methoxy groups -OCH3 is 1. The summed E-state index contributed by atoms with van der Waals surface area (Å²) in [5.74, 6) is 0. The van der Waals surface area contributed by atoms with Crippen LogP contribution in [0.1, 0.15) is 27.8 Å². The molecule has 0 aromatic heterocycles. The van der Waals surface area contributed by atoms with Crippen molar-refractivity contribution in [3.63, 3.8) is 0 Å². The number of rotatable bonds is 3. The van der Waals surface area contributed by atoms with Gasteiger partial charge in [0.15, 0.2) is 0 Å². The molecule has 0 radical (unpaired) electrons. The Morgan fingerprint density at radius 1 is 0.576 bits per heavy atom. The first-order valence-electron chi connectivity index (χ1n) is 11.7. The zero-order valence-electron chi connectivity index (χ0n) is 18.6. The van der Waals surface area contributed by atoms with Gasteiger partial charge in [0.1, 0.15) is 0 Å². The molecule has 0 atom stereocenters. The molecule has 7 rings (SSSR count). The maximum Gasteiger partial charge on any atom is 0.0725 e. The van der Waals surface area contributed by atoms with Crippen molar-refractivity contribution in [1.82, 2.24) is 0 Å². The van der Waals surface area contributed by atoms with Crippen molar-refractivity contribution >= 4 is 10.8 Å². The minimum absolute atomic E-state index is 0.287. The first-order chi connectivity index (χ1) is 16.4. The van der Waals surface area contributed by atoms with E-state index in [0.717, 1.165) is 13.0 Å². The molecule has 1 spiro atoms. The van der Waals surface area contributed by atoms with Crippen LogP contribution in [0.5, 0.6) is 0 Å². The van der Waals surface area contributed by atoms with Gasteiger partial charge in [-0.2, -0.15) is 0 Å². The van der Waals surface area contributed by atoms with E-state index in [-0.39, 0.29) is 5.41 Å². The molecule has 0 saturated heterocycles. The lowest BCUT2D eigenvalue weighted by atomic mass is 9.70. The summed E-state index contributed by atoms with van der Waals surface area (Å²) < 4.78 is 5.51. The van der Waals surface area contributed by atoms with Gasteiger partial charge in [-0.25, -0.2) is 0 Å². The summed E-state index contributed by atoms with van der Waals surface area (Å²) in [6.45, 7) is 0.718. The Morgan fingerprint density at radius 3 is 1.73 bits per heavy atom. The molecule has 0 amide bonds. The summed E-state index contributed by atoms with van der Waals surface area (Å²) in [5.41, 5.74) is 12.1. The van der Waals surface area contributed by atoms with E-state index in [1.54, 1.807) is 7.11 Å². The minimum atomic E-state index is -0.287. The topological polar surface area (TPSA) is 9.23 Å². The minimum Gasteiger partial charge on any atom is -0.384 e. The molecule has 0 bridgehead atoms. The summed E-state index contributed by atoms with van der Waals surface area (Å²) in [6, 6.07) is 38.4. The monoisotopic (exact) mass is 424 g/mol. The van der Waals surface area contributed by atoms with Gasteiger partial charge in [0.25, 0.3) is 0 Å². The molecule has 0 aliphatic heterocycles. The van der Waals surface area contributed by atoms with Crippen LogP contribution >= 0.6 is 0 Å². The van der Waals surface area contributed by atoms with E-state index < -0.39 is 0 Å². The number of hydrogen-bond acceptors (Lipinski definition) is 1. The Morgan fingerprint density at radius 2 is 1.09 bits per heavy atom. The molecule has 0 saturated carbocycles. The molecule has 33 heavy (non-hydrogen) atoms. The summed E-state index contributed by atoms with van der Waals surface area (Å²) in [4.78, 5) is 0. The molecular weight excluding hydrogens is 400 g/mol. The van der Waals surface area contributed by atoms with Gasteiger partial charge in [0.05, 0.1) is 12.0 Å². The third-order valence-electron chi connectivity index (χ3n) is 7.66. The van der Waals surface area contributed by atoms with Crippen LogP contribution in [0, 0.1) is 0 Å². The third-order valence-corrected chi connectivity index (χ3v) is 7.66. The van der Waals surface area contributed by atoms with Crippen LogP contribution in [0.2, 0.25) is 0 Å². The fraction of sp³-hybridized carbons (Fsp3) is 0.125. The van der Waals surface area contributed by atoms with Crippen molar-refractivity contribution < 1.29 is 4.74 Å². The average molecular weight is 425 g/mol. The molecule has 1 heteroatoms. The van der Waals surface area contributed by atoms with Gasteiger partial charge in [0, 0.05) is 7.11 Å². The quantitative estimate of drug-likeness (QED) is 0.288. The van der Waals surface area contributed by atoms with Crippen molar-refractivity contribution in [1.29, 1.82) is 0 Å². The van der Waals surface area contributed by atoms with E-state index in [4.69, 9.17) is 4.74 Å². The molecule has 2 aliphatic carbocycles. The smallest absolute Gasteiger partial charge is 0.0725 e. The lowest BCUT2D eigenvalue weighted by Gasteiger charge is -2.31. The maximum absolute atomic E-state index is 5.51. The van der Waals surface area contributed by atoms with Gasteiger partial charge >= 0.3 is 0 Å². The van der Waals surface area contributed by atoms with Gasteiger partial charge in [-0.05, 0) is 67.3 Å². The molecule has 158 valence electrons. The molecular formula is C32H24O. The zero-order chi connectivity index (χ0) is 22.0. The molecule has 5 aromatic carbocycles. The number of hydrogen-bond donors (Lipinski definition) is 0. The summed E-state index contributed by atoms with van der Waals surface area (Å²) in [7, 11) is 1.79. The van der Waals surface area contributed by atoms with E-state index in [0.29, 0.717) is 0 Å². The highest BCUT2D eigenvalue weighted by molar-refractivity contribution is 6.07. The fourth-order valence-corrected chi connectivity index (χ4v) is 6.44. The van der Waals surface area contributed by atoms with E-state index in [1.165, 1.54) is 60.8 Å². The molecule has 0 heterocycles. The average Bonchev–Trinajstić information content (AvgIpc) is 3.35. The largest absolute Gasteiger partial charge is 0.384 e. The first-order valence-corrected chi connectivity index (χ1v) is 11.7. The van der Waals surface area contributed by atoms with Crippen LogP contribution in [0.25, 0.3) is 33.0 Å². The maximum atomic E-state index is 5.51. The van der Waals surface area contributed by atoms with Crippen molar-refractivity contribution in [3.8, 4) is 22.3 Å². The van der Waals surface area contributed by atoms with Crippen LogP contribution in [-0.4, -0.2) is 13.7 Å². The predicted octanol–water partition coefficient (Wildman–Crippen LogP) is 7.37. The zero-order valence-corrected chi connectivity index (χ0v) is 18.6. The molecule has 2 aliphatic rings. The van der Waals surface area contributed by atoms with Crippen molar-refractivity contribution in [3.05, 3.63) is 131 Å². The van der Waals surface area contributed by atoms with Gasteiger partial charge in [-0.1, -0.05) is 103 Å².